The van der Waals surface area contributed by atoms with E-state index in [1.54, 1.807) is 0 Å². The maximum Gasteiger partial charge on any atom is 0.292 e. The zero-order valence-electron chi connectivity index (χ0n) is 7.80. The molecule has 3 nitrogen and oxygen atoms in total. The Morgan fingerprint density at radius 2 is 2.14 bits per heavy atom. The lowest BCUT2D eigenvalue weighted by atomic mass is 9.88. The second-order valence-electron chi connectivity index (χ2n) is 4.16. The molecule has 72 valence electrons. The molecule has 1 fully saturated rings. The smallest absolute Gasteiger partial charge is 0.292 e. The lowest BCUT2D eigenvalue weighted by Crippen LogP contribution is -2.18. The van der Waals surface area contributed by atoms with Crippen LogP contribution in [0.3, 0.4) is 0 Å². The first-order valence-corrected chi connectivity index (χ1v) is 5.03. The molecule has 0 saturated carbocycles. The molecule has 1 heterocycles. The summed E-state index contributed by atoms with van der Waals surface area (Å²) in [5.74, 6) is -0.864. The van der Waals surface area contributed by atoms with Crippen LogP contribution in [0.2, 0.25) is 0 Å². The molecule has 0 radical (unpaired) electrons. The third-order valence-corrected chi connectivity index (χ3v) is 3.33. The van der Waals surface area contributed by atoms with Crippen molar-refractivity contribution in [3.63, 3.8) is 0 Å². The molecule has 1 saturated heterocycles. The van der Waals surface area contributed by atoms with Gasteiger partial charge in [0.05, 0.1) is 5.92 Å². The van der Waals surface area contributed by atoms with Crippen LogP contribution in [0, 0.1) is 5.92 Å². The molecule has 0 aromatic rings. The SMILES string of the molecule is O=C1NC2=CC3=C(CCC3)CC2C1=O. The summed E-state index contributed by atoms with van der Waals surface area (Å²) in [6.45, 7) is 0. The molecule has 0 spiro atoms. The van der Waals surface area contributed by atoms with Crippen LogP contribution in [0.15, 0.2) is 22.9 Å². The highest BCUT2D eigenvalue weighted by Gasteiger charge is 2.40. The number of fused-ring (bicyclic) bond motifs is 1. The first-order valence-electron chi connectivity index (χ1n) is 5.03. The topological polar surface area (TPSA) is 46.2 Å². The highest BCUT2D eigenvalue weighted by molar-refractivity contribution is 6.40. The highest BCUT2D eigenvalue weighted by Crippen LogP contribution is 2.39. The Morgan fingerprint density at radius 1 is 1.29 bits per heavy atom. The molecule has 1 atom stereocenters. The molecule has 1 aliphatic heterocycles. The van der Waals surface area contributed by atoms with Gasteiger partial charge in [-0.25, -0.2) is 0 Å². The maximum absolute atomic E-state index is 11.5. The van der Waals surface area contributed by atoms with E-state index in [4.69, 9.17) is 0 Å². The molecule has 1 unspecified atom stereocenters. The zero-order chi connectivity index (χ0) is 9.71. The Bertz CT molecular complexity index is 404. The van der Waals surface area contributed by atoms with Gasteiger partial charge in [0.2, 0.25) is 5.78 Å². The number of rotatable bonds is 0. The normalized spacial score (nSPS) is 30.0. The number of carbonyl (C=O) groups is 2. The summed E-state index contributed by atoms with van der Waals surface area (Å²) >= 11 is 0. The minimum absolute atomic E-state index is 0.181. The Balaban J connectivity index is 2.01. The van der Waals surface area contributed by atoms with Crippen LogP contribution >= 0.6 is 0 Å². The van der Waals surface area contributed by atoms with Crippen LogP contribution in [-0.4, -0.2) is 11.7 Å². The van der Waals surface area contributed by atoms with Crippen molar-refractivity contribution in [3.05, 3.63) is 22.9 Å². The summed E-state index contributed by atoms with van der Waals surface area (Å²) in [5.41, 5.74) is 3.58. The van der Waals surface area contributed by atoms with Crippen molar-refractivity contribution in [1.82, 2.24) is 5.32 Å². The number of hydrogen-bond donors (Lipinski definition) is 1. The zero-order valence-corrected chi connectivity index (χ0v) is 7.80. The van der Waals surface area contributed by atoms with E-state index in [1.165, 1.54) is 17.6 Å². The molecule has 0 aromatic carbocycles. The van der Waals surface area contributed by atoms with Crippen LogP contribution in [0.5, 0.6) is 0 Å². The van der Waals surface area contributed by atoms with Crippen LogP contribution in [0.1, 0.15) is 25.7 Å². The minimum atomic E-state index is -0.428. The van der Waals surface area contributed by atoms with Gasteiger partial charge in [-0.05, 0) is 37.3 Å². The summed E-state index contributed by atoms with van der Waals surface area (Å²) in [6.07, 6.45) is 6.20. The molecule has 1 N–H and O–H groups in total. The first-order chi connectivity index (χ1) is 6.75. The van der Waals surface area contributed by atoms with E-state index in [-0.39, 0.29) is 11.7 Å². The van der Waals surface area contributed by atoms with Crippen LogP contribution in [0.4, 0.5) is 0 Å². The van der Waals surface area contributed by atoms with Gasteiger partial charge in [-0.1, -0.05) is 5.57 Å². The second-order valence-corrected chi connectivity index (χ2v) is 4.16. The van der Waals surface area contributed by atoms with E-state index < -0.39 is 5.91 Å². The fraction of sp³-hybridized carbons (Fsp3) is 0.455. The third kappa shape index (κ3) is 0.924. The molecule has 3 rings (SSSR count). The van der Waals surface area contributed by atoms with Gasteiger partial charge in [0, 0.05) is 5.70 Å². The van der Waals surface area contributed by atoms with Crippen LogP contribution in [0.25, 0.3) is 0 Å². The number of ketones is 1. The van der Waals surface area contributed by atoms with Crippen molar-refractivity contribution >= 4 is 11.7 Å². The van der Waals surface area contributed by atoms with Crippen molar-refractivity contribution in [3.8, 4) is 0 Å². The van der Waals surface area contributed by atoms with Crippen molar-refractivity contribution in [2.45, 2.75) is 25.7 Å². The summed E-state index contributed by atoms with van der Waals surface area (Å²) in [7, 11) is 0. The molecular formula is C11H11NO2. The fourth-order valence-corrected chi connectivity index (χ4v) is 2.59. The van der Waals surface area contributed by atoms with Crippen molar-refractivity contribution in [2.24, 2.45) is 5.92 Å². The Hall–Kier alpha value is -1.38. The molecule has 3 heteroatoms. The molecule has 0 aromatic heterocycles. The molecule has 0 bridgehead atoms. The monoisotopic (exact) mass is 189 g/mol. The van der Waals surface area contributed by atoms with Gasteiger partial charge in [0.15, 0.2) is 0 Å². The van der Waals surface area contributed by atoms with Crippen LogP contribution < -0.4 is 5.32 Å². The van der Waals surface area contributed by atoms with Gasteiger partial charge in [-0.3, -0.25) is 9.59 Å². The number of nitrogens with one attached hydrogen (secondary N) is 1. The first kappa shape index (κ1) is 7.97. The van der Waals surface area contributed by atoms with Gasteiger partial charge < -0.3 is 5.32 Å². The third-order valence-electron chi connectivity index (χ3n) is 3.33. The van der Waals surface area contributed by atoms with Crippen LogP contribution in [-0.2, 0) is 9.59 Å². The quantitative estimate of drug-likeness (QED) is 0.579. The number of allylic oxidation sites excluding steroid dienone is 4. The molecular weight excluding hydrogens is 178 g/mol. The van der Waals surface area contributed by atoms with Gasteiger partial charge in [0.1, 0.15) is 0 Å². The maximum atomic E-state index is 11.5. The molecule has 3 aliphatic rings. The number of amides is 1. The Kier molecular flexibility index (Phi) is 1.46. The summed E-state index contributed by atoms with van der Waals surface area (Å²) in [6, 6.07) is 0. The summed E-state index contributed by atoms with van der Waals surface area (Å²) in [4.78, 5) is 22.6. The van der Waals surface area contributed by atoms with E-state index in [2.05, 4.69) is 5.32 Å². The predicted molar refractivity (Wildman–Crippen MR) is 50.2 cm³/mol. The number of Topliss-reactive ketones (excluding diaryl/α,β-unsaturated/α-hetero) is 1. The molecule has 14 heavy (non-hydrogen) atoms. The lowest BCUT2D eigenvalue weighted by molar-refractivity contribution is -0.136. The van der Waals surface area contributed by atoms with Gasteiger partial charge in [-0.15, -0.1) is 0 Å². The summed E-state index contributed by atoms with van der Waals surface area (Å²) < 4.78 is 0. The van der Waals surface area contributed by atoms with Crippen molar-refractivity contribution in [2.75, 3.05) is 0 Å². The summed E-state index contributed by atoms with van der Waals surface area (Å²) in [5, 5.41) is 2.66. The number of hydrogen-bond acceptors (Lipinski definition) is 2. The van der Waals surface area contributed by atoms with Gasteiger partial charge >= 0.3 is 0 Å². The second kappa shape index (κ2) is 2.56. The van der Waals surface area contributed by atoms with E-state index >= 15 is 0 Å². The van der Waals surface area contributed by atoms with E-state index in [0.29, 0.717) is 0 Å². The fourth-order valence-electron chi connectivity index (χ4n) is 2.59. The van der Waals surface area contributed by atoms with Crippen molar-refractivity contribution in [1.29, 1.82) is 0 Å². The van der Waals surface area contributed by atoms with E-state index in [1.807, 2.05) is 6.08 Å². The Morgan fingerprint density at radius 3 is 3.00 bits per heavy atom. The molecule has 1 amide bonds. The minimum Gasteiger partial charge on any atom is -0.322 e. The average molecular weight is 189 g/mol. The highest BCUT2D eigenvalue weighted by atomic mass is 16.2. The standard InChI is InChI=1S/C11H11NO2/c13-10-8-4-6-2-1-3-7(6)5-9(8)12-11(10)14/h5,8H,1-4H2,(H,12,14). The van der Waals surface area contributed by atoms with E-state index in [9.17, 15) is 9.59 Å². The van der Waals surface area contributed by atoms with E-state index in [0.717, 1.165) is 25.0 Å². The van der Waals surface area contributed by atoms with Crippen molar-refractivity contribution < 1.29 is 9.59 Å². The predicted octanol–water partition coefficient (Wildman–Crippen LogP) is 1.07. The molecule has 2 aliphatic carbocycles. The average Bonchev–Trinajstić information content (AvgIpc) is 2.70. The lowest BCUT2D eigenvalue weighted by Gasteiger charge is -2.16. The largest absolute Gasteiger partial charge is 0.322 e. The number of carbonyl (C=O) groups excluding carboxylic acids is 2. The van der Waals surface area contributed by atoms with Gasteiger partial charge in [0.25, 0.3) is 5.91 Å². The van der Waals surface area contributed by atoms with Gasteiger partial charge in [-0.2, -0.15) is 0 Å². The Labute approximate surface area is 81.9 Å².